The van der Waals surface area contributed by atoms with Crippen molar-refractivity contribution in [1.29, 1.82) is 0 Å². The van der Waals surface area contributed by atoms with Crippen molar-refractivity contribution in [3.05, 3.63) is 34.9 Å². The Morgan fingerprint density at radius 3 is 2.54 bits per heavy atom. The van der Waals surface area contributed by atoms with E-state index in [9.17, 15) is 9.59 Å². The topological polar surface area (TPSA) is 52.7 Å². The fourth-order valence-electron chi connectivity index (χ4n) is 3.62. The maximum Gasteiger partial charge on any atom is 0.254 e. The van der Waals surface area contributed by atoms with Crippen LogP contribution in [0.3, 0.4) is 0 Å². The second-order valence-electron chi connectivity index (χ2n) is 6.78. The van der Waals surface area contributed by atoms with Gasteiger partial charge in [0.1, 0.15) is 6.54 Å². The Hall–Kier alpha value is -1.59. The fourth-order valence-corrected chi connectivity index (χ4v) is 3.62. The minimum Gasteiger partial charge on any atom is -0.336 e. The molecule has 0 bridgehead atoms. The molecule has 0 atom stereocenters. The smallest absolute Gasteiger partial charge is 0.254 e. The van der Waals surface area contributed by atoms with Crippen molar-refractivity contribution in [2.24, 2.45) is 0 Å². The van der Waals surface area contributed by atoms with Crippen LogP contribution < -0.4 is 5.32 Å². The lowest BCUT2D eigenvalue weighted by Gasteiger charge is -2.34. The van der Waals surface area contributed by atoms with Crippen LogP contribution >= 0.6 is 12.4 Å². The highest BCUT2D eigenvalue weighted by Crippen LogP contribution is 2.28. The average Bonchev–Trinajstić information content (AvgIpc) is 3.40. The van der Waals surface area contributed by atoms with Crippen molar-refractivity contribution < 1.29 is 9.59 Å². The van der Waals surface area contributed by atoms with Gasteiger partial charge in [0.2, 0.25) is 5.91 Å². The zero-order chi connectivity index (χ0) is 15.8. The van der Waals surface area contributed by atoms with Gasteiger partial charge in [-0.1, -0.05) is 6.07 Å². The number of hydrogen-bond donors (Lipinski definition) is 1. The van der Waals surface area contributed by atoms with Crippen molar-refractivity contribution in [2.75, 3.05) is 32.7 Å². The van der Waals surface area contributed by atoms with Crippen molar-refractivity contribution in [3.8, 4) is 0 Å². The van der Waals surface area contributed by atoms with Crippen LogP contribution in [0.25, 0.3) is 0 Å². The minimum absolute atomic E-state index is 0. The molecule has 3 aliphatic rings. The molecule has 130 valence electrons. The molecule has 0 aromatic heterocycles. The summed E-state index contributed by atoms with van der Waals surface area (Å²) in [4.78, 5) is 28.6. The molecule has 5 nitrogen and oxygen atoms in total. The van der Waals surface area contributed by atoms with E-state index in [1.807, 2.05) is 17.0 Å². The van der Waals surface area contributed by atoms with E-state index in [2.05, 4.69) is 11.4 Å². The predicted molar refractivity (Wildman–Crippen MR) is 94.6 cm³/mol. The van der Waals surface area contributed by atoms with Gasteiger partial charge in [0.25, 0.3) is 5.91 Å². The third kappa shape index (κ3) is 3.42. The molecule has 1 N–H and O–H groups in total. The highest BCUT2D eigenvalue weighted by atomic mass is 35.5. The molecular formula is C18H24ClN3O2. The number of hydrogen-bond acceptors (Lipinski definition) is 3. The number of nitrogens with zero attached hydrogens (tertiary/aromatic N) is 2. The van der Waals surface area contributed by atoms with E-state index >= 15 is 0 Å². The van der Waals surface area contributed by atoms with Crippen LogP contribution in [-0.4, -0.2) is 60.4 Å². The quantitative estimate of drug-likeness (QED) is 0.874. The molecule has 1 saturated carbocycles. The van der Waals surface area contributed by atoms with E-state index in [1.54, 1.807) is 4.90 Å². The van der Waals surface area contributed by atoms with Gasteiger partial charge in [-0.05, 0) is 62.0 Å². The maximum absolute atomic E-state index is 12.7. The Balaban J connectivity index is 0.00000169. The summed E-state index contributed by atoms with van der Waals surface area (Å²) in [6, 6.07) is 6.48. The van der Waals surface area contributed by atoms with Gasteiger partial charge in [-0.2, -0.15) is 0 Å². The van der Waals surface area contributed by atoms with Crippen LogP contribution in [0, 0.1) is 0 Å². The zero-order valence-electron chi connectivity index (χ0n) is 13.8. The number of benzene rings is 1. The molecule has 0 radical (unpaired) electrons. The van der Waals surface area contributed by atoms with Gasteiger partial charge in [-0.3, -0.25) is 9.59 Å². The third-order valence-electron chi connectivity index (χ3n) is 5.13. The fraction of sp³-hybridized carbons (Fsp3) is 0.556. The number of piperazine rings is 1. The van der Waals surface area contributed by atoms with Crippen molar-refractivity contribution in [1.82, 2.24) is 15.1 Å². The van der Waals surface area contributed by atoms with Gasteiger partial charge >= 0.3 is 0 Å². The Labute approximate surface area is 148 Å². The molecule has 0 spiro atoms. The van der Waals surface area contributed by atoms with E-state index in [4.69, 9.17) is 0 Å². The first-order chi connectivity index (χ1) is 11.2. The van der Waals surface area contributed by atoms with E-state index in [0.29, 0.717) is 19.1 Å². The molecule has 2 fully saturated rings. The van der Waals surface area contributed by atoms with E-state index in [0.717, 1.165) is 44.3 Å². The van der Waals surface area contributed by atoms with Gasteiger partial charge in [-0.15, -0.1) is 12.4 Å². The van der Waals surface area contributed by atoms with E-state index in [1.165, 1.54) is 11.1 Å². The highest BCUT2D eigenvalue weighted by molar-refractivity contribution is 5.97. The summed E-state index contributed by atoms with van der Waals surface area (Å²) in [6.45, 7) is 3.53. The summed E-state index contributed by atoms with van der Waals surface area (Å²) in [5.74, 6) is 0.0971. The van der Waals surface area contributed by atoms with Crippen LogP contribution in [0.4, 0.5) is 0 Å². The molecule has 2 aliphatic heterocycles. The highest BCUT2D eigenvalue weighted by Gasteiger charge is 2.36. The zero-order valence-corrected chi connectivity index (χ0v) is 14.6. The van der Waals surface area contributed by atoms with Crippen molar-refractivity contribution >= 4 is 24.2 Å². The molecule has 1 aliphatic carbocycles. The van der Waals surface area contributed by atoms with Gasteiger partial charge in [0.15, 0.2) is 0 Å². The lowest BCUT2D eigenvalue weighted by Crippen LogP contribution is -2.52. The molecule has 2 heterocycles. The van der Waals surface area contributed by atoms with Crippen LogP contribution in [0.2, 0.25) is 0 Å². The number of fused-ring (bicyclic) bond motifs is 1. The number of halogens is 1. The van der Waals surface area contributed by atoms with Gasteiger partial charge in [0.05, 0.1) is 0 Å². The molecule has 4 rings (SSSR count). The first kappa shape index (κ1) is 17.2. The van der Waals surface area contributed by atoms with Crippen molar-refractivity contribution in [3.63, 3.8) is 0 Å². The number of amides is 2. The van der Waals surface area contributed by atoms with E-state index in [-0.39, 0.29) is 30.8 Å². The number of carbonyl (C=O) groups excluding carboxylic acids is 2. The Morgan fingerprint density at radius 1 is 1.08 bits per heavy atom. The van der Waals surface area contributed by atoms with Gasteiger partial charge in [0, 0.05) is 24.7 Å². The van der Waals surface area contributed by atoms with Gasteiger partial charge in [-0.25, -0.2) is 0 Å². The lowest BCUT2D eigenvalue weighted by molar-refractivity contribution is -0.135. The minimum atomic E-state index is -0.00574. The standard InChI is InChI=1S/C18H23N3O2.ClH/c22-17-12-20(9-10-21(17)16-3-4-16)18(23)15-2-1-13-5-7-19-8-6-14(13)11-15;/h1-2,11,16,19H,3-10,12H2;1H. The molecule has 6 heteroatoms. The van der Waals surface area contributed by atoms with Crippen LogP contribution in [0.5, 0.6) is 0 Å². The van der Waals surface area contributed by atoms with Crippen LogP contribution in [0.15, 0.2) is 18.2 Å². The van der Waals surface area contributed by atoms with Gasteiger partial charge < -0.3 is 15.1 Å². The normalized spacial score (nSPS) is 20.9. The number of rotatable bonds is 2. The Bertz CT molecular complexity index is 645. The Kier molecular flexibility index (Phi) is 5.11. The first-order valence-electron chi connectivity index (χ1n) is 8.63. The summed E-state index contributed by atoms with van der Waals surface area (Å²) >= 11 is 0. The average molecular weight is 350 g/mol. The second-order valence-corrected chi connectivity index (χ2v) is 6.78. The van der Waals surface area contributed by atoms with Crippen LogP contribution in [0.1, 0.15) is 34.3 Å². The molecule has 24 heavy (non-hydrogen) atoms. The molecule has 1 aromatic rings. The Morgan fingerprint density at radius 2 is 1.83 bits per heavy atom. The van der Waals surface area contributed by atoms with E-state index < -0.39 is 0 Å². The number of carbonyl (C=O) groups is 2. The summed E-state index contributed by atoms with van der Waals surface area (Å²) in [6.07, 6.45) is 4.23. The maximum atomic E-state index is 12.7. The molecule has 2 amide bonds. The third-order valence-corrected chi connectivity index (χ3v) is 5.13. The molecular weight excluding hydrogens is 326 g/mol. The molecule has 1 saturated heterocycles. The largest absolute Gasteiger partial charge is 0.336 e. The monoisotopic (exact) mass is 349 g/mol. The summed E-state index contributed by atoms with van der Waals surface area (Å²) in [5.41, 5.74) is 3.32. The summed E-state index contributed by atoms with van der Waals surface area (Å²) in [7, 11) is 0. The first-order valence-corrected chi connectivity index (χ1v) is 8.63. The second kappa shape index (κ2) is 7.11. The molecule has 1 aromatic carbocycles. The SMILES string of the molecule is Cl.O=C(c1ccc2c(c1)CCNCC2)N1CCN(C2CC2)C(=O)C1. The number of nitrogens with one attached hydrogen (secondary N) is 1. The lowest BCUT2D eigenvalue weighted by atomic mass is 9.99. The summed E-state index contributed by atoms with van der Waals surface area (Å²) in [5, 5.41) is 3.39. The summed E-state index contributed by atoms with van der Waals surface area (Å²) < 4.78 is 0. The predicted octanol–water partition coefficient (Wildman–Crippen LogP) is 1.24. The van der Waals surface area contributed by atoms with Crippen molar-refractivity contribution in [2.45, 2.75) is 31.7 Å². The van der Waals surface area contributed by atoms with Crippen LogP contribution in [-0.2, 0) is 17.6 Å². The molecule has 0 unspecified atom stereocenters.